The molecule has 0 unspecified atom stereocenters. The van der Waals surface area contributed by atoms with Gasteiger partial charge < -0.3 is 10.1 Å². The third-order valence-electron chi connectivity index (χ3n) is 3.65. The van der Waals surface area contributed by atoms with E-state index in [1.165, 1.54) is 11.1 Å². The van der Waals surface area contributed by atoms with Crippen molar-refractivity contribution in [2.45, 2.75) is 38.2 Å². The molecule has 0 radical (unpaired) electrons. The summed E-state index contributed by atoms with van der Waals surface area (Å²) in [6.07, 6.45) is 1.00. The Kier molecular flexibility index (Phi) is 3.28. The lowest BCUT2D eigenvalue weighted by molar-refractivity contribution is -0.0502. The fraction of sp³-hybridized carbons (Fsp3) is 0.600. The van der Waals surface area contributed by atoms with E-state index in [2.05, 4.69) is 50.4 Å². The van der Waals surface area contributed by atoms with Gasteiger partial charge in [0, 0.05) is 26.6 Å². The average Bonchev–Trinajstić information content (AvgIpc) is 2.23. The van der Waals surface area contributed by atoms with Crippen molar-refractivity contribution in [2.75, 3.05) is 20.2 Å². The van der Waals surface area contributed by atoms with Gasteiger partial charge in [-0.25, -0.2) is 0 Å². The van der Waals surface area contributed by atoms with Crippen LogP contribution in [0.15, 0.2) is 24.3 Å². The van der Waals surface area contributed by atoms with Crippen LogP contribution in [0.25, 0.3) is 0 Å². The average molecular weight is 233 g/mol. The molecule has 0 aromatic heterocycles. The Morgan fingerprint density at radius 2 is 2.00 bits per heavy atom. The highest BCUT2D eigenvalue weighted by atomic mass is 16.5. The van der Waals surface area contributed by atoms with Gasteiger partial charge in [-0.3, -0.25) is 0 Å². The summed E-state index contributed by atoms with van der Waals surface area (Å²) < 4.78 is 5.64. The summed E-state index contributed by atoms with van der Waals surface area (Å²) in [6, 6.07) is 8.89. The lowest BCUT2D eigenvalue weighted by atomic mass is 9.83. The van der Waals surface area contributed by atoms with Gasteiger partial charge in [0.05, 0.1) is 5.60 Å². The van der Waals surface area contributed by atoms with Crippen molar-refractivity contribution in [3.8, 4) is 0 Å². The van der Waals surface area contributed by atoms with E-state index in [9.17, 15) is 0 Å². The molecule has 0 saturated carbocycles. The van der Waals surface area contributed by atoms with Crippen molar-refractivity contribution < 1.29 is 4.74 Å². The highest BCUT2D eigenvalue weighted by Crippen LogP contribution is 2.26. The van der Waals surface area contributed by atoms with Crippen LogP contribution in [-0.2, 0) is 16.6 Å². The van der Waals surface area contributed by atoms with Crippen LogP contribution in [0.1, 0.15) is 31.9 Å². The molecule has 94 valence electrons. The van der Waals surface area contributed by atoms with Crippen LogP contribution < -0.4 is 5.32 Å². The van der Waals surface area contributed by atoms with Crippen molar-refractivity contribution in [1.82, 2.24) is 5.32 Å². The van der Waals surface area contributed by atoms with Crippen LogP contribution in [0.5, 0.6) is 0 Å². The smallest absolute Gasteiger partial charge is 0.0966 e. The van der Waals surface area contributed by atoms with Crippen LogP contribution in [0.2, 0.25) is 0 Å². The van der Waals surface area contributed by atoms with Gasteiger partial charge in [-0.15, -0.1) is 0 Å². The van der Waals surface area contributed by atoms with E-state index in [1.54, 1.807) is 0 Å². The molecule has 17 heavy (non-hydrogen) atoms. The first kappa shape index (κ1) is 12.6. The maximum absolute atomic E-state index is 5.64. The quantitative estimate of drug-likeness (QED) is 0.866. The van der Waals surface area contributed by atoms with Crippen LogP contribution in [0.3, 0.4) is 0 Å². The zero-order valence-electron chi connectivity index (χ0n) is 11.3. The van der Waals surface area contributed by atoms with Crippen molar-refractivity contribution >= 4 is 0 Å². The molecule has 1 fully saturated rings. The fourth-order valence-electron chi connectivity index (χ4n) is 2.27. The van der Waals surface area contributed by atoms with Gasteiger partial charge in [0.2, 0.25) is 0 Å². The van der Waals surface area contributed by atoms with Gasteiger partial charge in [-0.2, -0.15) is 0 Å². The third kappa shape index (κ3) is 2.70. The Morgan fingerprint density at radius 3 is 2.47 bits per heavy atom. The zero-order chi connectivity index (χ0) is 12.5. The number of ether oxygens (including phenoxy) is 1. The van der Waals surface area contributed by atoms with Crippen molar-refractivity contribution in [2.24, 2.45) is 0 Å². The summed E-state index contributed by atoms with van der Waals surface area (Å²) in [7, 11) is 1.81. The van der Waals surface area contributed by atoms with E-state index in [4.69, 9.17) is 4.74 Å². The first-order chi connectivity index (χ1) is 7.95. The summed E-state index contributed by atoms with van der Waals surface area (Å²) in [6.45, 7) is 8.68. The van der Waals surface area contributed by atoms with Gasteiger partial charge >= 0.3 is 0 Å². The van der Waals surface area contributed by atoms with Gasteiger partial charge in [0.25, 0.3) is 0 Å². The Bertz CT molecular complexity index is 383. The van der Waals surface area contributed by atoms with Crippen molar-refractivity contribution in [3.05, 3.63) is 35.4 Å². The monoisotopic (exact) mass is 233 g/mol. The Morgan fingerprint density at radius 1 is 1.29 bits per heavy atom. The summed E-state index contributed by atoms with van der Waals surface area (Å²) in [5.74, 6) is 0. The largest absolute Gasteiger partial charge is 0.375 e. The van der Waals surface area contributed by atoms with E-state index < -0.39 is 0 Å². The van der Waals surface area contributed by atoms with Gasteiger partial charge in [0.15, 0.2) is 0 Å². The van der Waals surface area contributed by atoms with Crippen molar-refractivity contribution in [3.63, 3.8) is 0 Å². The number of nitrogens with one attached hydrogen (secondary N) is 1. The molecule has 0 amide bonds. The summed E-state index contributed by atoms with van der Waals surface area (Å²) in [4.78, 5) is 0. The Balaban J connectivity index is 2.17. The van der Waals surface area contributed by atoms with E-state index in [-0.39, 0.29) is 11.0 Å². The second kappa shape index (κ2) is 4.43. The molecule has 1 aliphatic rings. The molecule has 0 bridgehead atoms. The van der Waals surface area contributed by atoms with Crippen LogP contribution >= 0.6 is 0 Å². The number of rotatable bonds is 3. The molecular formula is C15H23NO. The van der Waals surface area contributed by atoms with Crippen LogP contribution in [0, 0.1) is 0 Å². The molecule has 2 nitrogen and oxygen atoms in total. The lowest BCUT2D eigenvalue weighted by Gasteiger charge is -2.41. The molecule has 1 aliphatic heterocycles. The molecule has 2 heteroatoms. The predicted octanol–water partition coefficient (Wildman–Crippen LogP) is 2.52. The topological polar surface area (TPSA) is 21.3 Å². The molecule has 0 aliphatic carbocycles. The highest BCUT2D eigenvalue weighted by Gasteiger charge is 2.36. The maximum atomic E-state index is 5.64. The summed E-state index contributed by atoms with van der Waals surface area (Å²) >= 11 is 0. The second-order valence-electron chi connectivity index (χ2n) is 6.12. The molecule has 0 atom stereocenters. The minimum absolute atomic E-state index is 0.0243. The summed E-state index contributed by atoms with van der Waals surface area (Å²) in [5, 5.41) is 3.29. The third-order valence-corrected chi connectivity index (χ3v) is 3.65. The molecule has 1 saturated heterocycles. The number of hydrogen-bond acceptors (Lipinski definition) is 2. The van der Waals surface area contributed by atoms with E-state index >= 15 is 0 Å². The standard InChI is InChI=1S/C15H23NO/c1-14(2,3)13-7-5-6-12(8-13)9-15(17-4)10-16-11-15/h5-8,16H,9-11H2,1-4H3. The van der Waals surface area contributed by atoms with Crippen molar-refractivity contribution in [1.29, 1.82) is 0 Å². The lowest BCUT2D eigenvalue weighted by Crippen LogP contribution is -2.61. The van der Waals surface area contributed by atoms with Gasteiger partial charge in [0.1, 0.15) is 0 Å². The maximum Gasteiger partial charge on any atom is 0.0966 e. The van der Waals surface area contributed by atoms with Crippen LogP contribution in [-0.4, -0.2) is 25.8 Å². The SMILES string of the molecule is COC1(Cc2cccc(C(C)(C)C)c2)CNC1. The normalized spacial score (nSPS) is 18.8. The molecule has 0 spiro atoms. The first-order valence-electron chi connectivity index (χ1n) is 6.31. The number of hydrogen-bond donors (Lipinski definition) is 1. The fourth-order valence-corrected chi connectivity index (χ4v) is 2.27. The van der Waals surface area contributed by atoms with Gasteiger partial charge in [-0.05, 0) is 16.5 Å². The zero-order valence-corrected chi connectivity index (χ0v) is 11.3. The Hall–Kier alpha value is -0.860. The second-order valence-corrected chi connectivity index (χ2v) is 6.12. The number of methoxy groups -OCH3 is 1. The van der Waals surface area contributed by atoms with E-state index in [0.717, 1.165) is 19.5 Å². The number of benzene rings is 1. The minimum Gasteiger partial charge on any atom is -0.375 e. The van der Waals surface area contributed by atoms with E-state index in [0.29, 0.717) is 0 Å². The van der Waals surface area contributed by atoms with E-state index in [1.807, 2.05) is 7.11 Å². The molecule has 1 heterocycles. The minimum atomic E-state index is 0.0243. The highest BCUT2D eigenvalue weighted by molar-refractivity contribution is 5.30. The predicted molar refractivity (Wildman–Crippen MR) is 71.5 cm³/mol. The molecule has 2 rings (SSSR count). The molecule has 1 aromatic rings. The van der Waals surface area contributed by atoms with Crippen LogP contribution in [0.4, 0.5) is 0 Å². The molecule has 1 N–H and O–H groups in total. The first-order valence-corrected chi connectivity index (χ1v) is 6.31. The summed E-state index contributed by atoms with van der Waals surface area (Å²) in [5.41, 5.74) is 3.01. The molecule has 1 aromatic carbocycles. The van der Waals surface area contributed by atoms with Gasteiger partial charge in [-0.1, -0.05) is 45.0 Å². The molecular weight excluding hydrogens is 210 g/mol. The Labute approximate surface area is 104 Å².